The highest BCUT2D eigenvalue weighted by Gasteiger charge is 2.20. The number of nitriles is 2. The van der Waals surface area contributed by atoms with Crippen molar-refractivity contribution in [1.29, 1.82) is 10.5 Å². The van der Waals surface area contributed by atoms with Crippen LogP contribution in [0.2, 0.25) is 0 Å². The minimum Gasteiger partial charge on any atom is -0.456 e. The van der Waals surface area contributed by atoms with Crippen LogP contribution in [-0.2, 0) is 0 Å². The topological polar surface area (TPSA) is 73.9 Å². The van der Waals surface area contributed by atoms with Gasteiger partial charge in [0.1, 0.15) is 28.4 Å². The summed E-state index contributed by atoms with van der Waals surface area (Å²) in [4.78, 5) is 0. The lowest BCUT2D eigenvalue weighted by Gasteiger charge is -2.16. The van der Waals surface area contributed by atoms with Crippen LogP contribution in [0.3, 0.4) is 0 Å². The highest BCUT2D eigenvalue weighted by atomic mass is 16.3. The van der Waals surface area contributed by atoms with E-state index in [1.807, 2.05) is 91.0 Å². The Morgan fingerprint density at radius 3 is 1.62 bits per heavy atom. The first-order valence-electron chi connectivity index (χ1n) is 13.6. The van der Waals surface area contributed by atoms with Gasteiger partial charge in [-0.05, 0) is 70.8 Å². The Morgan fingerprint density at radius 1 is 0.429 bits per heavy atom. The summed E-state index contributed by atoms with van der Waals surface area (Å²) in [7, 11) is 0. The van der Waals surface area contributed by atoms with Gasteiger partial charge in [0, 0.05) is 32.7 Å². The molecule has 0 fully saturated rings. The van der Waals surface area contributed by atoms with Gasteiger partial charge >= 0.3 is 0 Å². The number of hydrogen-bond acceptors (Lipinski definition) is 4. The van der Waals surface area contributed by atoms with Gasteiger partial charge in [0.25, 0.3) is 0 Å². The largest absolute Gasteiger partial charge is 0.456 e. The number of fused-ring (bicyclic) bond motifs is 6. The lowest BCUT2D eigenvalue weighted by molar-refractivity contribution is 0.668. The van der Waals surface area contributed by atoms with E-state index < -0.39 is 0 Å². The zero-order chi connectivity index (χ0) is 28.2. The number of hydrogen-bond donors (Lipinski definition) is 0. The molecular weight excluding hydrogens is 516 g/mol. The summed E-state index contributed by atoms with van der Waals surface area (Å²) in [5.74, 6) is 0. The number of furan rings is 2. The normalized spacial score (nSPS) is 11.3. The minimum atomic E-state index is 0.537. The Kier molecular flexibility index (Phi) is 5.22. The van der Waals surface area contributed by atoms with E-state index in [0.717, 1.165) is 77.3 Å². The van der Waals surface area contributed by atoms with Crippen molar-refractivity contribution in [1.82, 2.24) is 0 Å². The van der Waals surface area contributed by atoms with E-state index in [0.29, 0.717) is 11.1 Å². The first-order valence-corrected chi connectivity index (χ1v) is 13.6. The number of rotatable bonds is 3. The van der Waals surface area contributed by atoms with Gasteiger partial charge in [0.05, 0.1) is 17.2 Å². The van der Waals surface area contributed by atoms with Crippen LogP contribution in [-0.4, -0.2) is 0 Å². The molecule has 42 heavy (non-hydrogen) atoms. The molecule has 2 aromatic heterocycles. The third kappa shape index (κ3) is 3.60. The molecule has 2 heterocycles. The Labute approximate surface area is 240 Å². The van der Waals surface area contributed by atoms with Crippen molar-refractivity contribution in [3.05, 3.63) is 132 Å². The molecule has 0 unspecified atom stereocenters. The predicted molar refractivity (Wildman–Crippen MR) is 167 cm³/mol. The van der Waals surface area contributed by atoms with Crippen LogP contribution in [0, 0.1) is 22.7 Å². The summed E-state index contributed by atoms with van der Waals surface area (Å²) in [5.41, 5.74) is 9.58. The van der Waals surface area contributed by atoms with Gasteiger partial charge in [-0.2, -0.15) is 10.5 Å². The lowest BCUT2D eigenvalue weighted by atomic mass is 9.85. The van der Waals surface area contributed by atoms with Gasteiger partial charge in [-0.1, -0.05) is 72.8 Å². The van der Waals surface area contributed by atoms with Crippen molar-refractivity contribution >= 4 is 43.9 Å². The van der Waals surface area contributed by atoms with Gasteiger partial charge in [0.15, 0.2) is 0 Å². The monoisotopic (exact) mass is 536 g/mol. The van der Waals surface area contributed by atoms with Crippen molar-refractivity contribution in [3.8, 4) is 45.5 Å². The fourth-order valence-electron chi connectivity index (χ4n) is 6.03. The van der Waals surface area contributed by atoms with Gasteiger partial charge in [-0.15, -0.1) is 0 Å². The van der Waals surface area contributed by atoms with Gasteiger partial charge < -0.3 is 8.83 Å². The summed E-state index contributed by atoms with van der Waals surface area (Å²) < 4.78 is 12.1. The second kappa shape index (κ2) is 9.24. The number of para-hydroxylation sites is 2. The molecular formula is C38H20N2O2. The molecule has 0 bridgehead atoms. The average molecular weight is 537 g/mol. The highest BCUT2D eigenvalue weighted by molar-refractivity contribution is 6.08. The maximum Gasteiger partial charge on any atom is 0.135 e. The first kappa shape index (κ1) is 23.8. The van der Waals surface area contributed by atoms with Gasteiger partial charge in [-0.3, -0.25) is 0 Å². The van der Waals surface area contributed by atoms with E-state index in [1.54, 1.807) is 6.07 Å². The summed E-state index contributed by atoms with van der Waals surface area (Å²) in [5, 5.41) is 24.5. The van der Waals surface area contributed by atoms with Crippen molar-refractivity contribution in [3.63, 3.8) is 0 Å². The van der Waals surface area contributed by atoms with Crippen LogP contribution in [0.25, 0.3) is 77.3 Å². The quantitative estimate of drug-likeness (QED) is 0.225. The molecule has 194 valence electrons. The second-order valence-electron chi connectivity index (χ2n) is 10.3. The molecule has 0 aliphatic rings. The molecule has 0 amide bonds. The summed E-state index contributed by atoms with van der Waals surface area (Å²) in [6.45, 7) is 0. The Balaban J connectivity index is 1.40. The molecule has 0 aliphatic carbocycles. The Morgan fingerprint density at radius 2 is 1.00 bits per heavy atom. The van der Waals surface area contributed by atoms with Crippen molar-refractivity contribution in [2.45, 2.75) is 0 Å². The molecule has 4 nitrogen and oxygen atoms in total. The van der Waals surface area contributed by atoms with Crippen LogP contribution < -0.4 is 0 Å². The third-order valence-corrected chi connectivity index (χ3v) is 7.97. The van der Waals surface area contributed by atoms with Gasteiger partial charge in [0.2, 0.25) is 0 Å². The molecule has 0 saturated carbocycles. The SMILES string of the molecule is N#Cc1cccc(-c2c(-c3ccc4oc5ccccc5c4c3)ccc(-c3ccc4oc5ccccc5c4c3)c2C#N)c1. The van der Waals surface area contributed by atoms with Crippen molar-refractivity contribution < 1.29 is 8.83 Å². The maximum atomic E-state index is 10.7. The summed E-state index contributed by atoms with van der Waals surface area (Å²) in [6.07, 6.45) is 0. The van der Waals surface area contributed by atoms with Crippen molar-refractivity contribution in [2.75, 3.05) is 0 Å². The van der Waals surface area contributed by atoms with E-state index in [9.17, 15) is 10.5 Å². The molecule has 0 atom stereocenters. The molecule has 4 heteroatoms. The average Bonchev–Trinajstić information content (AvgIpc) is 3.61. The van der Waals surface area contributed by atoms with Crippen LogP contribution in [0.1, 0.15) is 11.1 Å². The summed E-state index contributed by atoms with van der Waals surface area (Å²) >= 11 is 0. The fourth-order valence-corrected chi connectivity index (χ4v) is 6.03. The molecule has 6 aromatic carbocycles. The van der Waals surface area contributed by atoms with Crippen LogP contribution >= 0.6 is 0 Å². The zero-order valence-electron chi connectivity index (χ0n) is 22.3. The third-order valence-electron chi connectivity index (χ3n) is 7.97. The van der Waals surface area contributed by atoms with Crippen molar-refractivity contribution in [2.24, 2.45) is 0 Å². The maximum absolute atomic E-state index is 10.7. The molecule has 0 spiro atoms. The van der Waals surface area contributed by atoms with E-state index in [-0.39, 0.29) is 0 Å². The van der Waals surface area contributed by atoms with E-state index in [2.05, 4.69) is 36.4 Å². The Hall–Kier alpha value is -6.10. The van der Waals surface area contributed by atoms with Gasteiger partial charge in [-0.25, -0.2) is 0 Å². The fraction of sp³-hybridized carbons (Fsp3) is 0. The smallest absolute Gasteiger partial charge is 0.135 e. The standard InChI is InChI=1S/C38H20N2O2/c39-21-23-6-5-7-26(18-23)38-28(25-13-17-37-32(20-25)30-9-2-4-11-35(30)42-37)15-14-27(33(38)22-40)24-12-16-36-31(19-24)29-8-1-3-10-34(29)41-36/h1-20H. The number of benzene rings is 6. The zero-order valence-corrected chi connectivity index (χ0v) is 22.3. The van der Waals surface area contributed by atoms with E-state index >= 15 is 0 Å². The van der Waals surface area contributed by atoms with Crippen LogP contribution in [0.4, 0.5) is 0 Å². The Bertz CT molecular complexity index is 2450. The molecule has 0 radical (unpaired) electrons. The lowest BCUT2D eigenvalue weighted by Crippen LogP contribution is -1.95. The number of nitrogens with zero attached hydrogens (tertiary/aromatic N) is 2. The highest BCUT2D eigenvalue weighted by Crippen LogP contribution is 2.42. The van der Waals surface area contributed by atoms with Crippen LogP contribution in [0.5, 0.6) is 0 Å². The molecule has 8 aromatic rings. The molecule has 8 rings (SSSR count). The summed E-state index contributed by atoms with van der Waals surface area (Å²) in [6, 6.07) is 44.5. The molecule has 0 aliphatic heterocycles. The second-order valence-corrected chi connectivity index (χ2v) is 10.3. The molecule has 0 N–H and O–H groups in total. The van der Waals surface area contributed by atoms with E-state index in [4.69, 9.17) is 8.83 Å². The minimum absolute atomic E-state index is 0.537. The predicted octanol–water partition coefficient (Wildman–Crippen LogP) is 10.2. The van der Waals surface area contributed by atoms with E-state index in [1.165, 1.54) is 0 Å². The molecule has 0 saturated heterocycles. The first-order chi connectivity index (χ1) is 20.7. The van der Waals surface area contributed by atoms with Crippen LogP contribution in [0.15, 0.2) is 130 Å².